The van der Waals surface area contributed by atoms with Crippen molar-refractivity contribution in [3.05, 3.63) is 58.6 Å². The molecular weight excluding hydrogens is 276 g/mol. The Morgan fingerprint density at radius 2 is 1.95 bits per heavy atom. The molecule has 0 aliphatic heterocycles. The van der Waals surface area contributed by atoms with Crippen molar-refractivity contribution in [2.24, 2.45) is 0 Å². The highest BCUT2D eigenvalue weighted by Crippen LogP contribution is 2.20. The second-order valence-electron chi connectivity index (χ2n) is 4.36. The van der Waals surface area contributed by atoms with Crippen molar-refractivity contribution in [2.75, 3.05) is 10.6 Å². The van der Waals surface area contributed by atoms with Crippen molar-refractivity contribution in [1.29, 1.82) is 0 Å². The van der Waals surface area contributed by atoms with Gasteiger partial charge in [-0.15, -0.1) is 0 Å². The third kappa shape index (κ3) is 3.50. The molecule has 2 aromatic carbocycles. The van der Waals surface area contributed by atoms with Gasteiger partial charge in [0.05, 0.1) is 6.61 Å². The molecule has 0 aliphatic carbocycles. The molecule has 0 radical (unpaired) electrons. The number of nitrogens with one attached hydrogen (secondary N) is 2. The van der Waals surface area contributed by atoms with Crippen LogP contribution in [0.4, 0.5) is 16.2 Å². The average molecular weight is 291 g/mol. The number of rotatable bonds is 3. The van der Waals surface area contributed by atoms with Crippen molar-refractivity contribution in [3.8, 4) is 0 Å². The zero-order valence-electron chi connectivity index (χ0n) is 11.0. The summed E-state index contributed by atoms with van der Waals surface area (Å²) >= 11 is 6.00. The number of hydrogen-bond acceptors (Lipinski definition) is 2. The summed E-state index contributed by atoms with van der Waals surface area (Å²) in [7, 11) is 0. The summed E-state index contributed by atoms with van der Waals surface area (Å²) in [6.45, 7) is 1.76. The van der Waals surface area contributed by atoms with Gasteiger partial charge in [-0.25, -0.2) is 4.79 Å². The van der Waals surface area contributed by atoms with E-state index in [0.29, 0.717) is 22.0 Å². The van der Waals surface area contributed by atoms with Crippen LogP contribution in [0.2, 0.25) is 5.02 Å². The fourth-order valence-electron chi connectivity index (χ4n) is 1.74. The number of aryl methyl sites for hydroxylation is 1. The number of para-hydroxylation sites is 1. The highest BCUT2D eigenvalue weighted by Gasteiger charge is 2.06. The minimum absolute atomic E-state index is 0.132. The molecule has 0 spiro atoms. The van der Waals surface area contributed by atoms with Gasteiger partial charge in [0.25, 0.3) is 0 Å². The number of aliphatic hydroxyl groups is 1. The molecule has 4 nitrogen and oxygen atoms in total. The molecule has 0 heterocycles. The first-order chi connectivity index (χ1) is 9.60. The lowest BCUT2D eigenvalue weighted by atomic mass is 10.2. The number of amides is 2. The average Bonchev–Trinajstić information content (AvgIpc) is 2.43. The van der Waals surface area contributed by atoms with Crippen LogP contribution in [-0.2, 0) is 6.61 Å². The molecular formula is C15H15ClN2O2. The standard InChI is InChI=1S/C15H15ClN2O2/c1-10-6-7-12(8-13(10)16)17-15(20)18-14-5-3-2-4-11(14)9-19/h2-8,19H,9H2,1H3,(H2,17,18,20). The van der Waals surface area contributed by atoms with Crippen LogP contribution in [0.15, 0.2) is 42.5 Å². The summed E-state index contributed by atoms with van der Waals surface area (Å²) in [6.07, 6.45) is 0. The first-order valence-corrected chi connectivity index (χ1v) is 6.51. The van der Waals surface area contributed by atoms with E-state index in [1.165, 1.54) is 0 Å². The van der Waals surface area contributed by atoms with Crippen LogP contribution in [0.5, 0.6) is 0 Å². The van der Waals surface area contributed by atoms with E-state index in [2.05, 4.69) is 10.6 Å². The lowest BCUT2D eigenvalue weighted by Gasteiger charge is -2.11. The summed E-state index contributed by atoms with van der Waals surface area (Å²) in [5.74, 6) is 0. The number of anilines is 2. The van der Waals surface area contributed by atoms with Gasteiger partial charge >= 0.3 is 6.03 Å². The van der Waals surface area contributed by atoms with E-state index < -0.39 is 0 Å². The summed E-state index contributed by atoms with van der Waals surface area (Å²) in [5, 5.41) is 15.2. The number of urea groups is 1. The maximum atomic E-state index is 11.9. The molecule has 5 heteroatoms. The SMILES string of the molecule is Cc1ccc(NC(=O)Nc2ccccc2CO)cc1Cl. The maximum Gasteiger partial charge on any atom is 0.323 e. The summed E-state index contributed by atoms with van der Waals surface area (Å²) in [6, 6.07) is 12.0. The zero-order chi connectivity index (χ0) is 14.5. The van der Waals surface area contributed by atoms with Crippen molar-refractivity contribution in [1.82, 2.24) is 0 Å². The van der Waals surface area contributed by atoms with E-state index in [1.54, 1.807) is 36.4 Å². The van der Waals surface area contributed by atoms with Crippen LogP contribution >= 0.6 is 11.6 Å². The van der Waals surface area contributed by atoms with Gasteiger partial charge in [-0.3, -0.25) is 0 Å². The van der Waals surface area contributed by atoms with Crippen molar-refractivity contribution in [2.45, 2.75) is 13.5 Å². The predicted octanol–water partition coefficient (Wildman–Crippen LogP) is 3.78. The molecule has 0 saturated heterocycles. The van der Waals surface area contributed by atoms with Gasteiger partial charge in [0.15, 0.2) is 0 Å². The Bertz CT molecular complexity index is 629. The van der Waals surface area contributed by atoms with E-state index in [1.807, 2.05) is 13.0 Å². The number of hydrogen-bond donors (Lipinski definition) is 3. The highest BCUT2D eigenvalue weighted by atomic mass is 35.5. The van der Waals surface area contributed by atoms with E-state index in [0.717, 1.165) is 5.56 Å². The fourth-order valence-corrected chi connectivity index (χ4v) is 1.92. The molecule has 0 fully saturated rings. The Kier molecular flexibility index (Phi) is 4.61. The van der Waals surface area contributed by atoms with Crippen LogP contribution in [0.1, 0.15) is 11.1 Å². The number of halogens is 1. The number of aliphatic hydroxyl groups excluding tert-OH is 1. The molecule has 0 bridgehead atoms. The fraction of sp³-hybridized carbons (Fsp3) is 0.133. The van der Waals surface area contributed by atoms with Gasteiger partial charge in [-0.1, -0.05) is 35.9 Å². The molecule has 3 N–H and O–H groups in total. The minimum Gasteiger partial charge on any atom is -0.392 e. The molecule has 2 aromatic rings. The van der Waals surface area contributed by atoms with E-state index >= 15 is 0 Å². The van der Waals surface area contributed by atoms with Gasteiger partial charge in [-0.05, 0) is 30.7 Å². The van der Waals surface area contributed by atoms with Crippen molar-refractivity contribution in [3.63, 3.8) is 0 Å². The molecule has 2 amide bonds. The van der Waals surface area contributed by atoms with Gasteiger partial charge in [0, 0.05) is 22.0 Å². The van der Waals surface area contributed by atoms with Crippen LogP contribution in [-0.4, -0.2) is 11.1 Å². The van der Waals surface area contributed by atoms with Crippen molar-refractivity contribution >= 4 is 29.0 Å². The highest BCUT2D eigenvalue weighted by molar-refractivity contribution is 6.31. The number of carbonyl (C=O) groups excluding carboxylic acids is 1. The lowest BCUT2D eigenvalue weighted by molar-refractivity contribution is 0.262. The van der Waals surface area contributed by atoms with E-state index in [4.69, 9.17) is 11.6 Å². The second-order valence-corrected chi connectivity index (χ2v) is 4.77. The summed E-state index contributed by atoms with van der Waals surface area (Å²) in [4.78, 5) is 11.9. The Balaban J connectivity index is 2.07. The van der Waals surface area contributed by atoms with Gasteiger partial charge in [0.2, 0.25) is 0 Å². The van der Waals surface area contributed by atoms with Gasteiger partial charge < -0.3 is 15.7 Å². The molecule has 0 unspecified atom stereocenters. The second kappa shape index (κ2) is 6.41. The minimum atomic E-state index is -0.384. The molecule has 20 heavy (non-hydrogen) atoms. The largest absolute Gasteiger partial charge is 0.392 e. The van der Waals surface area contributed by atoms with E-state index in [-0.39, 0.29) is 12.6 Å². The topological polar surface area (TPSA) is 61.4 Å². The maximum absolute atomic E-state index is 11.9. The third-order valence-corrected chi connectivity index (χ3v) is 3.27. The number of carbonyl (C=O) groups is 1. The zero-order valence-corrected chi connectivity index (χ0v) is 11.7. The van der Waals surface area contributed by atoms with Crippen molar-refractivity contribution < 1.29 is 9.90 Å². The van der Waals surface area contributed by atoms with Crippen LogP contribution in [0.25, 0.3) is 0 Å². The lowest BCUT2D eigenvalue weighted by Crippen LogP contribution is -2.20. The quantitative estimate of drug-likeness (QED) is 0.805. The third-order valence-electron chi connectivity index (χ3n) is 2.87. The first-order valence-electron chi connectivity index (χ1n) is 6.13. The van der Waals surface area contributed by atoms with Gasteiger partial charge in [0.1, 0.15) is 0 Å². The number of benzene rings is 2. The molecule has 104 valence electrons. The van der Waals surface area contributed by atoms with Crippen LogP contribution < -0.4 is 10.6 Å². The monoisotopic (exact) mass is 290 g/mol. The molecule has 0 saturated carbocycles. The predicted molar refractivity (Wildman–Crippen MR) is 81.2 cm³/mol. The molecule has 0 aliphatic rings. The normalized spacial score (nSPS) is 10.2. The first kappa shape index (κ1) is 14.4. The smallest absolute Gasteiger partial charge is 0.323 e. The Labute approximate surface area is 122 Å². The Morgan fingerprint density at radius 1 is 1.20 bits per heavy atom. The molecule has 2 rings (SSSR count). The van der Waals surface area contributed by atoms with Crippen LogP contribution in [0, 0.1) is 6.92 Å². The molecule has 0 atom stereocenters. The molecule has 0 aromatic heterocycles. The summed E-state index contributed by atoms with van der Waals surface area (Å²) in [5.41, 5.74) is 2.79. The van der Waals surface area contributed by atoms with Gasteiger partial charge in [-0.2, -0.15) is 0 Å². The Morgan fingerprint density at radius 3 is 2.65 bits per heavy atom. The Hall–Kier alpha value is -2.04. The van der Waals surface area contributed by atoms with E-state index in [9.17, 15) is 9.90 Å². The summed E-state index contributed by atoms with van der Waals surface area (Å²) < 4.78 is 0. The van der Waals surface area contributed by atoms with Crippen LogP contribution in [0.3, 0.4) is 0 Å².